The number of hydrogen-bond acceptors (Lipinski definition) is 5. The highest BCUT2D eigenvalue weighted by molar-refractivity contribution is 7.90. The molecule has 1 heterocycles. The van der Waals surface area contributed by atoms with Crippen LogP contribution >= 0.6 is 0 Å². The van der Waals surface area contributed by atoms with Crippen LogP contribution in [-0.4, -0.2) is 26.8 Å². The highest BCUT2D eigenvalue weighted by Gasteiger charge is 2.12. The molecule has 0 aliphatic heterocycles. The molecule has 2 aromatic rings. The fourth-order valence-electron chi connectivity index (χ4n) is 1.74. The minimum atomic E-state index is -3.24. The van der Waals surface area contributed by atoms with Crippen molar-refractivity contribution < 1.29 is 13.2 Å². The van der Waals surface area contributed by atoms with Gasteiger partial charge < -0.3 is 10.5 Å². The zero-order valence-electron chi connectivity index (χ0n) is 10.6. The largest absolute Gasteiger partial charge is 0.494 e. The second kappa shape index (κ2) is 4.89. The summed E-state index contributed by atoms with van der Waals surface area (Å²) in [4.78, 5) is 4.33. The molecule has 6 heteroatoms. The number of rotatable bonds is 3. The smallest absolute Gasteiger partial charge is 0.177 e. The highest BCUT2D eigenvalue weighted by atomic mass is 32.2. The molecule has 2 N–H and O–H groups in total. The molecular formula is C13H14N2O3S. The Bertz CT molecular complexity index is 694. The van der Waals surface area contributed by atoms with E-state index >= 15 is 0 Å². The zero-order valence-corrected chi connectivity index (χ0v) is 11.4. The molecule has 1 aromatic heterocycles. The molecule has 0 amide bonds. The number of pyridine rings is 1. The van der Waals surface area contributed by atoms with Crippen LogP contribution in [0.25, 0.3) is 11.3 Å². The number of nitrogens with zero attached hydrogens (tertiary/aromatic N) is 1. The Morgan fingerprint density at radius 2 is 1.95 bits per heavy atom. The molecule has 0 bridgehead atoms. The van der Waals surface area contributed by atoms with Crippen LogP contribution in [0.3, 0.4) is 0 Å². The van der Waals surface area contributed by atoms with Gasteiger partial charge in [-0.3, -0.25) is 4.98 Å². The minimum Gasteiger partial charge on any atom is -0.494 e. The van der Waals surface area contributed by atoms with E-state index in [0.717, 1.165) is 11.8 Å². The van der Waals surface area contributed by atoms with Crippen molar-refractivity contribution in [3.05, 3.63) is 36.5 Å². The summed E-state index contributed by atoms with van der Waals surface area (Å²) >= 11 is 0. The predicted octanol–water partition coefficient (Wildman–Crippen LogP) is 1.74. The summed E-state index contributed by atoms with van der Waals surface area (Å²) in [6.07, 6.45) is 2.47. The SMILES string of the molecule is COc1c(N)cccc1-c1ccc(S(C)(=O)=O)cn1. The van der Waals surface area contributed by atoms with Crippen LogP contribution in [0.15, 0.2) is 41.4 Å². The third-order valence-electron chi connectivity index (χ3n) is 2.69. The second-order valence-electron chi connectivity index (χ2n) is 4.08. The number of aromatic nitrogens is 1. The van der Waals surface area contributed by atoms with Gasteiger partial charge in [-0.15, -0.1) is 0 Å². The van der Waals surface area contributed by atoms with Crippen molar-refractivity contribution in [2.75, 3.05) is 19.1 Å². The highest BCUT2D eigenvalue weighted by Crippen LogP contribution is 2.33. The molecule has 5 nitrogen and oxygen atoms in total. The summed E-state index contributed by atoms with van der Waals surface area (Å²) in [6, 6.07) is 8.48. The number of benzene rings is 1. The topological polar surface area (TPSA) is 82.3 Å². The molecule has 0 spiro atoms. The summed E-state index contributed by atoms with van der Waals surface area (Å²) in [5.74, 6) is 0.530. The second-order valence-corrected chi connectivity index (χ2v) is 6.10. The lowest BCUT2D eigenvalue weighted by Crippen LogP contribution is -1.99. The quantitative estimate of drug-likeness (QED) is 0.865. The molecule has 0 aliphatic carbocycles. The zero-order chi connectivity index (χ0) is 14.0. The van der Waals surface area contributed by atoms with E-state index < -0.39 is 9.84 Å². The normalized spacial score (nSPS) is 11.3. The van der Waals surface area contributed by atoms with Crippen molar-refractivity contribution in [1.82, 2.24) is 4.98 Å². The van der Waals surface area contributed by atoms with E-state index in [9.17, 15) is 8.42 Å². The maximum atomic E-state index is 11.4. The fourth-order valence-corrected chi connectivity index (χ4v) is 2.30. The lowest BCUT2D eigenvalue weighted by molar-refractivity contribution is 0.418. The monoisotopic (exact) mass is 278 g/mol. The van der Waals surface area contributed by atoms with Gasteiger partial charge in [0.05, 0.1) is 23.4 Å². The molecule has 0 fully saturated rings. The molecule has 100 valence electrons. The number of sulfone groups is 1. The number of nitrogen functional groups attached to an aromatic ring is 1. The van der Waals surface area contributed by atoms with Crippen molar-refractivity contribution >= 4 is 15.5 Å². The van der Waals surface area contributed by atoms with Gasteiger partial charge in [-0.25, -0.2) is 8.42 Å². The van der Waals surface area contributed by atoms with Gasteiger partial charge >= 0.3 is 0 Å². The van der Waals surface area contributed by atoms with Crippen molar-refractivity contribution in [2.24, 2.45) is 0 Å². The lowest BCUT2D eigenvalue weighted by Gasteiger charge is -2.10. The molecule has 0 saturated carbocycles. The van der Waals surface area contributed by atoms with Gasteiger partial charge in [0.1, 0.15) is 0 Å². The first kappa shape index (κ1) is 13.4. The van der Waals surface area contributed by atoms with Gasteiger partial charge in [0, 0.05) is 18.0 Å². The van der Waals surface area contributed by atoms with E-state index in [0.29, 0.717) is 17.1 Å². The van der Waals surface area contributed by atoms with Crippen molar-refractivity contribution in [2.45, 2.75) is 4.90 Å². The number of hydrogen-bond donors (Lipinski definition) is 1. The van der Waals surface area contributed by atoms with Gasteiger partial charge in [-0.2, -0.15) is 0 Å². The first-order valence-electron chi connectivity index (χ1n) is 5.52. The van der Waals surface area contributed by atoms with Gasteiger partial charge in [-0.05, 0) is 24.3 Å². The standard InChI is InChI=1S/C13H14N2O3S/c1-18-13-10(4-3-5-11(13)14)12-7-6-9(8-15-12)19(2,16)17/h3-8H,14H2,1-2H3. The summed E-state index contributed by atoms with van der Waals surface area (Å²) in [7, 11) is -1.72. The molecule has 0 saturated heterocycles. The molecule has 1 aromatic carbocycles. The van der Waals surface area contributed by atoms with Crippen molar-refractivity contribution in [3.63, 3.8) is 0 Å². The minimum absolute atomic E-state index is 0.180. The molecule has 0 atom stereocenters. The Kier molecular flexibility index (Phi) is 3.44. The summed E-state index contributed by atoms with van der Waals surface area (Å²) in [5, 5.41) is 0. The van der Waals surface area contributed by atoms with Gasteiger partial charge in [-0.1, -0.05) is 6.07 Å². The van der Waals surface area contributed by atoms with E-state index in [1.54, 1.807) is 18.2 Å². The van der Waals surface area contributed by atoms with E-state index in [1.807, 2.05) is 6.07 Å². The maximum absolute atomic E-state index is 11.4. The van der Waals surface area contributed by atoms with E-state index in [-0.39, 0.29) is 4.90 Å². The molecule has 0 aliphatic rings. The Labute approximate surface area is 112 Å². The fraction of sp³-hybridized carbons (Fsp3) is 0.154. The lowest BCUT2D eigenvalue weighted by atomic mass is 10.1. The summed E-state index contributed by atoms with van der Waals surface area (Å²) in [5.41, 5.74) is 7.66. The molecular weight excluding hydrogens is 264 g/mol. The number of anilines is 1. The third kappa shape index (κ3) is 2.68. The van der Waals surface area contributed by atoms with Gasteiger partial charge in [0.15, 0.2) is 15.6 Å². The Hall–Kier alpha value is -2.08. The van der Waals surface area contributed by atoms with Crippen LogP contribution in [0.4, 0.5) is 5.69 Å². The van der Waals surface area contributed by atoms with Crippen molar-refractivity contribution in [3.8, 4) is 17.0 Å². The third-order valence-corrected chi connectivity index (χ3v) is 3.79. The van der Waals surface area contributed by atoms with Crippen LogP contribution < -0.4 is 10.5 Å². The van der Waals surface area contributed by atoms with Crippen LogP contribution in [0, 0.1) is 0 Å². The number of methoxy groups -OCH3 is 1. The van der Waals surface area contributed by atoms with E-state index in [4.69, 9.17) is 10.5 Å². The van der Waals surface area contributed by atoms with Crippen molar-refractivity contribution in [1.29, 1.82) is 0 Å². The maximum Gasteiger partial charge on any atom is 0.177 e. The first-order valence-corrected chi connectivity index (χ1v) is 7.41. The van der Waals surface area contributed by atoms with Crippen LogP contribution in [0.1, 0.15) is 0 Å². The number of para-hydroxylation sites is 1. The number of ether oxygens (including phenoxy) is 1. The van der Waals surface area contributed by atoms with Crippen LogP contribution in [0.2, 0.25) is 0 Å². The first-order chi connectivity index (χ1) is 8.93. The molecule has 0 radical (unpaired) electrons. The molecule has 19 heavy (non-hydrogen) atoms. The average Bonchev–Trinajstić information content (AvgIpc) is 2.37. The van der Waals surface area contributed by atoms with Crippen LogP contribution in [-0.2, 0) is 9.84 Å². The summed E-state index contributed by atoms with van der Waals surface area (Å²) < 4.78 is 28.0. The Morgan fingerprint density at radius 1 is 1.21 bits per heavy atom. The van der Waals surface area contributed by atoms with E-state index in [2.05, 4.69) is 4.98 Å². The average molecular weight is 278 g/mol. The van der Waals surface area contributed by atoms with Gasteiger partial charge in [0.2, 0.25) is 0 Å². The van der Waals surface area contributed by atoms with Crippen LogP contribution in [0.5, 0.6) is 5.75 Å². The Balaban J connectivity index is 2.52. The Morgan fingerprint density at radius 3 is 2.47 bits per heavy atom. The van der Waals surface area contributed by atoms with E-state index in [1.165, 1.54) is 19.4 Å². The summed E-state index contributed by atoms with van der Waals surface area (Å²) in [6.45, 7) is 0. The van der Waals surface area contributed by atoms with Gasteiger partial charge in [0.25, 0.3) is 0 Å². The number of nitrogens with two attached hydrogens (primary N) is 1. The molecule has 0 unspecified atom stereocenters. The predicted molar refractivity (Wildman–Crippen MR) is 73.7 cm³/mol. The molecule has 2 rings (SSSR count).